The molecular formula is C11H11BrN2O2. The Hall–Kier alpha value is -1.36. The van der Waals surface area contributed by atoms with E-state index in [0.29, 0.717) is 10.9 Å². The van der Waals surface area contributed by atoms with Crippen LogP contribution in [0.15, 0.2) is 22.8 Å². The van der Waals surface area contributed by atoms with Crippen LogP contribution in [0.25, 0.3) is 10.9 Å². The van der Waals surface area contributed by atoms with E-state index in [2.05, 4.69) is 21.0 Å². The molecule has 0 saturated carbocycles. The van der Waals surface area contributed by atoms with Gasteiger partial charge in [-0.3, -0.25) is 4.68 Å². The van der Waals surface area contributed by atoms with Gasteiger partial charge in [0.25, 0.3) is 0 Å². The molecule has 0 spiro atoms. The fourth-order valence-corrected chi connectivity index (χ4v) is 1.99. The van der Waals surface area contributed by atoms with E-state index in [1.54, 1.807) is 16.9 Å². The van der Waals surface area contributed by atoms with Crippen LogP contribution in [0.3, 0.4) is 0 Å². The highest BCUT2D eigenvalue weighted by Crippen LogP contribution is 2.24. The molecule has 0 aliphatic rings. The molecule has 0 fully saturated rings. The van der Waals surface area contributed by atoms with E-state index in [-0.39, 0.29) is 11.6 Å². The smallest absolute Gasteiger partial charge is 0.336 e. The molecule has 1 aromatic carbocycles. The van der Waals surface area contributed by atoms with Gasteiger partial charge < -0.3 is 5.11 Å². The zero-order valence-electron chi connectivity index (χ0n) is 8.94. The van der Waals surface area contributed by atoms with Gasteiger partial charge in [0.05, 0.1) is 11.1 Å². The Morgan fingerprint density at radius 3 is 2.75 bits per heavy atom. The molecule has 0 atom stereocenters. The first-order valence-electron chi connectivity index (χ1n) is 4.90. The number of hydrogen-bond acceptors (Lipinski definition) is 2. The molecule has 1 heterocycles. The average molecular weight is 283 g/mol. The maximum Gasteiger partial charge on any atom is 0.336 e. The molecule has 0 radical (unpaired) electrons. The van der Waals surface area contributed by atoms with Crippen LogP contribution in [-0.4, -0.2) is 20.9 Å². The summed E-state index contributed by atoms with van der Waals surface area (Å²) >= 11 is 3.29. The molecule has 2 aromatic rings. The van der Waals surface area contributed by atoms with Crippen molar-refractivity contribution in [3.63, 3.8) is 0 Å². The fourth-order valence-electron chi connectivity index (χ4n) is 1.55. The molecule has 5 heteroatoms. The number of hydrogen-bond donors (Lipinski definition) is 1. The van der Waals surface area contributed by atoms with Crippen LogP contribution in [-0.2, 0) is 0 Å². The summed E-state index contributed by atoms with van der Waals surface area (Å²) in [5.74, 6) is -0.936. The van der Waals surface area contributed by atoms with Crippen molar-refractivity contribution in [2.24, 2.45) is 0 Å². The molecule has 0 unspecified atom stereocenters. The van der Waals surface area contributed by atoms with Gasteiger partial charge in [0.15, 0.2) is 0 Å². The standard InChI is InChI=1S/C11H11BrN2O2/c1-6(2)14-5-9-8(11(15)16)3-7(12)4-10(9)13-14/h3-6H,1-2H3,(H,15,16). The van der Waals surface area contributed by atoms with E-state index in [0.717, 1.165) is 4.47 Å². The van der Waals surface area contributed by atoms with E-state index in [1.165, 1.54) is 0 Å². The molecule has 84 valence electrons. The Balaban J connectivity index is 2.75. The number of carbonyl (C=O) groups is 1. The van der Waals surface area contributed by atoms with Gasteiger partial charge in [-0.15, -0.1) is 0 Å². The fraction of sp³-hybridized carbons (Fsp3) is 0.273. The number of carboxylic acids is 1. The lowest BCUT2D eigenvalue weighted by Gasteiger charge is -2.02. The summed E-state index contributed by atoms with van der Waals surface area (Å²) in [4.78, 5) is 11.1. The highest BCUT2D eigenvalue weighted by molar-refractivity contribution is 9.10. The van der Waals surface area contributed by atoms with Crippen LogP contribution >= 0.6 is 15.9 Å². The lowest BCUT2D eigenvalue weighted by atomic mass is 10.1. The summed E-state index contributed by atoms with van der Waals surface area (Å²) < 4.78 is 2.50. The van der Waals surface area contributed by atoms with E-state index in [4.69, 9.17) is 5.11 Å². The van der Waals surface area contributed by atoms with Crippen molar-refractivity contribution < 1.29 is 9.90 Å². The van der Waals surface area contributed by atoms with Gasteiger partial charge in [0.2, 0.25) is 0 Å². The Labute approximate surface area is 101 Å². The second kappa shape index (κ2) is 3.90. The van der Waals surface area contributed by atoms with Crippen molar-refractivity contribution in [3.05, 3.63) is 28.4 Å². The van der Waals surface area contributed by atoms with Crippen LogP contribution in [0.2, 0.25) is 0 Å². The monoisotopic (exact) mass is 282 g/mol. The zero-order chi connectivity index (χ0) is 11.9. The predicted octanol–water partition coefficient (Wildman–Crippen LogP) is 3.08. The maximum atomic E-state index is 11.1. The van der Waals surface area contributed by atoms with E-state index >= 15 is 0 Å². The van der Waals surface area contributed by atoms with Gasteiger partial charge in [-0.2, -0.15) is 5.10 Å². The number of aromatic carboxylic acids is 1. The van der Waals surface area contributed by atoms with Crippen molar-refractivity contribution in [3.8, 4) is 0 Å². The van der Waals surface area contributed by atoms with Gasteiger partial charge in [-0.1, -0.05) is 15.9 Å². The SMILES string of the molecule is CC(C)n1cc2c(C(=O)O)cc(Br)cc2n1. The molecule has 4 nitrogen and oxygen atoms in total. The van der Waals surface area contributed by atoms with Crippen LogP contribution in [0.4, 0.5) is 0 Å². The summed E-state index contributed by atoms with van der Waals surface area (Å²) in [7, 11) is 0. The summed E-state index contributed by atoms with van der Waals surface area (Å²) in [6, 6.07) is 3.63. The largest absolute Gasteiger partial charge is 0.478 e. The van der Waals surface area contributed by atoms with Crippen molar-refractivity contribution in [1.82, 2.24) is 9.78 Å². The van der Waals surface area contributed by atoms with Gasteiger partial charge in [0, 0.05) is 22.1 Å². The van der Waals surface area contributed by atoms with Gasteiger partial charge in [-0.25, -0.2) is 4.79 Å². The molecule has 0 saturated heterocycles. The molecule has 1 N–H and O–H groups in total. The lowest BCUT2D eigenvalue weighted by Crippen LogP contribution is -2.00. The Bertz CT molecular complexity index is 560. The third kappa shape index (κ3) is 1.82. The molecule has 0 bridgehead atoms. The minimum absolute atomic E-state index is 0.216. The number of nitrogens with zero attached hydrogens (tertiary/aromatic N) is 2. The summed E-state index contributed by atoms with van der Waals surface area (Å²) in [6.45, 7) is 4.00. The van der Waals surface area contributed by atoms with Crippen molar-refractivity contribution in [2.75, 3.05) is 0 Å². The highest BCUT2D eigenvalue weighted by atomic mass is 79.9. The molecule has 2 rings (SSSR count). The zero-order valence-corrected chi connectivity index (χ0v) is 10.5. The Kier molecular flexibility index (Phi) is 2.71. The average Bonchev–Trinajstić information content (AvgIpc) is 2.59. The number of aromatic nitrogens is 2. The van der Waals surface area contributed by atoms with E-state index in [9.17, 15) is 4.79 Å². The quantitative estimate of drug-likeness (QED) is 0.921. The van der Waals surface area contributed by atoms with Gasteiger partial charge in [-0.05, 0) is 26.0 Å². The first-order valence-corrected chi connectivity index (χ1v) is 5.70. The molecule has 0 aliphatic heterocycles. The Morgan fingerprint density at radius 2 is 2.19 bits per heavy atom. The van der Waals surface area contributed by atoms with Crippen molar-refractivity contribution in [2.45, 2.75) is 19.9 Å². The van der Waals surface area contributed by atoms with Crippen LogP contribution < -0.4 is 0 Å². The first-order chi connectivity index (χ1) is 7.49. The van der Waals surface area contributed by atoms with Gasteiger partial charge in [0.1, 0.15) is 0 Å². The molecular weight excluding hydrogens is 272 g/mol. The highest BCUT2D eigenvalue weighted by Gasteiger charge is 2.13. The maximum absolute atomic E-state index is 11.1. The van der Waals surface area contributed by atoms with Crippen LogP contribution in [0.5, 0.6) is 0 Å². The summed E-state index contributed by atoms with van der Waals surface area (Å²) in [6.07, 6.45) is 1.77. The minimum Gasteiger partial charge on any atom is -0.478 e. The summed E-state index contributed by atoms with van der Waals surface area (Å²) in [5, 5.41) is 14.1. The molecule has 0 amide bonds. The van der Waals surface area contributed by atoms with Crippen molar-refractivity contribution in [1.29, 1.82) is 0 Å². The third-order valence-corrected chi connectivity index (χ3v) is 2.82. The predicted molar refractivity (Wildman–Crippen MR) is 64.8 cm³/mol. The number of fused-ring (bicyclic) bond motifs is 1. The minimum atomic E-state index is -0.936. The second-order valence-electron chi connectivity index (χ2n) is 3.89. The summed E-state index contributed by atoms with van der Waals surface area (Å²) in [5.41, 5.74) is 0.969. The third-order valence-electron chi connectivity index (χ3n) is 2.37. The van der Waals surface area contributed by atoms with Gasteiger partial charge >= 0.3 is 5.97 Å². The van der Waals surface area contributed by atoms with Crippen LogP contribution in [0.1, 0.15) is 30.2 Å². The van der Waals surface area contributed by atoms with E-state index in [1.807, 2.05) is 19.9 Å². The number of benzene rings is 1. The Morgan fingerprint density at radius 1 is 1.50 bits per heavy atom. The molecule has 16 heavy (non-hydrogen) atoms. The van der Waals surface area contributed by atoms with Crippen molar-refractivity contribution >= 4 is 32.8 Å². The first kappa shape index (κ1) is 11.1. The van der Waals surface area contributed by atoms with E-state index < -0.39 is 5.97 Å². The number of halogens is 1. The normalized spacial score (nSPS) is 11.2. The number of rotatable bonds is 2. The number of carboxylic acid groups (broad SMARTS) is 1. The topological polar surface area (TPSA) is 55.1 Å². The molecule has 0 aliphatic carbocycles. The second-order valence-corrected chi connectivity index (χ2v) is 4.81. The van der Waals surface area contributed by atoms with Crippen LogP contribution in [0, 0.1) is 0 Å². The molecule has 1 aromatic heterocycles. The lowest BCUT2D eigenvalue weighted by molar-refractivity contribution is 0.0699.